The van der Waals surface area contributed by atoms with Gasteiger partial charge in [0.05, 0.1) is 26.0 Å². The van der Waals surface area contributed by atoms with Crippen molar-refractivity contribution in [2.24, 2.45) is 11.8 Å². The second kappa shape index (κ2) is 20.3. The van der Waals surface area contributed by atoms with Gasteiger partial charge in [-0.2, -0.15) is 0 Å². The van der Waals surface area contributed by atoms with E-state index in [0.717, 1.165) is 36.8 Å². The van der Waals surface area contributed by atoms with E-state index in [1.54, 1.807) is 21.6 Å². The van der Waals surface area contributed by atoms with Crippen molar-refractivity contribution in [2.75, 3.05) is 33.1 Å². The lowest BCUT2D eigenvalue weighted by molar-refractivity contribution is -0.156. The van der Waals surface area contributed by atoms with E-state index in [0.29, 0.717) is 57.2 Å². The molecule has 12 nitrogen and oxygen atoms in total. The van der Waals surface area contributed by atoms with Gasteiger partial charge in [0.25, 0.3) is 0 Å². The summed E-state index contributed by atoms with van der Waals surface area (Å²) in [5, 5.41) is 5.85. The minimum absolute atomic E-state index is 0.0364. The van der Waals surface area contributed by atoms with Crippen molar-refractivity contribution < 1.29 is 38.2 Å². The van der Waals surface area contributed by atoms with E-state index in [1.807, 2.05) is 60.7 Å². The molecule has 54 heavy (non-hydrogen) atoms. The number of piperidine rings is 1. The molecule has 2 aromatic carbocycles. The normalized spacial score (nSPS) is 22.7. The molecule has 0 saturated carbocycles. The van der Waals surface area contributed by atoms with Gasteiger partial charge in [0, 0.05) is 24.9 Å². The maximum atomic E-state index is 14.7. The van der Waals surface area contributed by atoms with Gasteiger partial charge in [-0.25, -0.2) is 4.79 Å². The largest absolute Gasteiger partial charge is 0.469 e. The summed E-state index contributed by atoms with van der Waals surface area (Å²) in [5.41, 5.74) is 1.89. The number of thioether (sulfide) groups is 1. The molecule has 0 unspecified atom stereocenters. The van der Waals surface area contributed by atoms with E-state index in [-0.39, 0.29) is 42.0 Å². The van der Waals surface area contributed by atoms with E-state index in [4.69, 9.17) is 9.47 Å². The zero-order valence-corrected chi connectivity index (χ0v) is 32.2. The molecule has 13 heteroatoms. The first-order valence-corrected chi connectivity index (χ1v) is 20.3. The molecule has 3 heterocycles. The Morgan fingerprint density at radius 1 is 0.852 bits per heavy atom. The summed E-state index contributed by atoms with van der Waals surface area (Å²) in [7, 11) is 2.63. The molecule has 2 aromatic rings. The van der Waals surface area contributed by atoms with Gasteiger partial charge in [-0.05, 0) is 87.5 Å². The highest BCUT2D eigenvalue weighted by atomic mass is 32.2. The molecule has 292 valence electrons. The van der Waals surface area contributed by atoms with Crippen LogP contribution in [0.1, 0.15) is 75.3 Å². The molecule has 3 fully saturated rings. The van der Waals surface area contributed by atoms with E-state index in [9.17, 15) is 28.8 Å². The molecule has 3 aliphatic rings. The van der Waals surface area contributed by atoms with Crippen LogP contribution in [0, 0.1) is 11.8 Å². The highest BCUT2D eigenvalue weighted by Gasteiger charge is 2.44. The van der Waals surface area contributed by atoms with Crippen LogP contribution in [-0.2, 0) is 51.1 Å². The zero-order valence-electron chi connectivity index (χ0n) is 31.4. The average molecular weight is 763 g/mol. The molecule has 0 aromatic heterocycles. The Morgan fingerprint density at radius 2 is 1.52 bits per heavy atom. The SMILES string of the molecule is COC(=O)CCN(C(=O)[C@H](CC[C@H](Cc1ccccc1)C(=O)N[C@H]1CCS[C@H]2CCC[C@@H](C(=O)OC)N2C1=O)Cc1ccccc1)[C@H]1CCCCNC1=O. The number of amides is 4. The first-order valence-electron chi connectivity index (χ1n) is 19.2. The van der Waals surface area contributed by atoms with E-state index in [1.165, 1.54) is 14.2 Å². The number of fused-ring (bicyclic) bond motifs is 1. The molecule has 0 bridgehead atoms. The van der Waals surface area contributed by atoms with E-state index < -0.39 is 41.9 Å². The lowest BCUT2D eigenvalue weighted by atomic mass is 9.86. The van der Waals surface area contributed by atoms with Crippen molar-refractivity contribution >= 4 is 47.3 Å². The third kappa shape index (κ3) is 10.9. The fourth-order valence-electron chi connectivity index (χ4n) is 7.87. The van der Waals surface area contributed by atoms with E-state index in [2.05, 4.69) is 10.6 Å². The number of nitrogens with zero attached hydrogens (tertiary/aromatic N) is 2. The summed E-state index contributed by atoms with van der Waals surface area (Å²) < 4.78 is 9.95. The van der Waals surface area contributed by atoms with Crippen LogP contribution in [0.4, 0.5) is 0 Å². The molecule has 0 spiro atoms. The summed E-state index contributed by atoms with van der Waals surface area (Å²) >= 11 is 1.63. The van der Waals surface area contributed by atoms with Crippen LogP contribution in [-0.4, -0.2) is 102 Å². The summed E-state index contributed by atoms with van der Waals surface area (Å²) in [6, 6.07) is 17.1. The zero-order chi connectivity index (χ0) is 38.5. The summed E-state index contributed by atoms with van der Waals surface area (Å²) in [6.07, 6.45) is 5.96. The number of hydrogen-bond donors (Lipinski definition) is 2. The summed E-state index contributed by atoms with van der Waals surface area (Å²) in [5.74, 6) is -2.49. The number of carbonyl (C=O) groups excluding carboxylic acids is 6. The quantitative estimate of drug-likeness (QED) is 0.256. The molecule has 0 radical (unpaired) electrons. The van der Waals surface area contributed by atoms with Gasteiger partial charge in [0.1, 0.15) is 18.1 Å². The number of carbonyl (C=O) groups is 6. The Morgan fingerprint density at radius 3 is 2.19 bits per heavy atom. The van der Waals surface area contributed by atoms with Gasteiger partial charge in [0.2, 0.25) is 23.6 Å². The van der Waals surface area contributed by atoms with Crippen molar-refractivity contribution in [3.8, 4) is 0 Å². The van der Waals surface area contributed by atoms with Gasteiger partial charge >= 0.3 is 11.9 Å². The minimum atomic E-state index is -0.803. The average Bonchev–Trinajstić information content (AvgIpc) is 3.50. The number of nitrogens with one attached hydrogen (secondary N) is 2. The van der Waals surface area contributed by atoms with Crippen molar-refractivity contribution in [1.82, 2.24) is 20.4 Å². The van der Waals surface area contributed by atoms with Crippen LogP contribution in [0.5, 0.6) is 0 Å². The Kier molecular flexibility index (Phi) is 15.4. The number of rotatable bonds is 15. The molecule has 3 saturated heterocycles. The van der Waals surface area contributed by atoms with Crippen molar-refractivity contribution in [3.05, 3.63) is 71.8 Å². The lowest BCUT2D eigenvalue weighted by Crippen LogP contribution is -2.57. The smallest absolute Gasteiger partial charge is 0.328 e. The van der Waals surface area contributed by atoms with Gasteiger partial charge in [-0.15, -0.1) is 11.8 Å². The molecule has 4 amide bonds. The number of benzene rings is 2. The predicted octanol–water partition coefficient (Wildman–Crippen LogP) is 4.05. The number of methoxy groups -OCH3 is 2. The van der Waals surface area contributed by atoms with Crippen molar-refractivity contribution in [2.45, 2.75) is 101 Å². The fourth-order valence-corrected chi connectivity index (χ4v) is 9.26. The predicted molar refractivity (Wildman–Crippen MR) is 205 cm³/mol. The molecule has 5 rings (SSSR count). The Balaban J connectivity index is 1.40. The van der Waals surface area contributed by atoms with Crippen LogP contribution in [0.25, 0.3) is 0 Å². The summed E-state index contributed by atoms with van der Waals surface area (Å²) in [4.78, 5) is 84.6. The third-order valence-electron chi connectivity index (χ3n) is 10.8. The highest BCUT2D eigenvalue weighted by Crippen LogP contribution is 2.35. The lowest BCUT2D eigenvalue weighted by Gasteiger charge is -2.40. The first kappa shape index (κ1) is 40.8. The summed E-state index contributed by atoms with van der Waals surface area (Å²) in [6.45, 7) is 0.566. The first-order chi connectivity index (χ1) is 26.2. The molecule has 6 atom stereocenters. The Bertz CT molecular complexity index is 1590. The van der Waals surface area contributed by atoms with Crippen LogP contribution >= 0.6 is 11.8 Å². The Hall–Kier alpha value is -4.39. The Labute approximate surface area is 322 Å². The second-order valence-electron chi connectivity index (χ2n) is 14.4. The minimum Gasteiger partial charge on any atom is -0.469 e. The number of hydrogen-bond acceptors (Lipinski definition) is 9. The van der Waals surface area contributed by atoms with Crippen LogP contribution in [0.2, 0.25) is 0 Å². The second-order valence-corrected chi connectivity index (χ2v) is 15.7. The van der Waals surface area contributed by atoms with Crippen LogP contribution < -0.4 is 10.6 Å². The van der Waals surface area contributed by atoms with Crippen LogP contribution in [0.3, 0.4) is 0 Å². The standard InChI is InChI=1S/C41H54N4O8S/c1-52-36(46)21-24-44(33-16-9-10-23-42-38(33)48)39(49)31(27-29-14-7-4-8-15-29)20-19-30(26-28-12-5-3-6-13-28)37(47)43-32-22-25-54-35-18-11-17-34(41(51)53-2)45(35)40(32)50/h3-8,12-15,30-35H,9-11,16-27H2,1-2H3,(H,42,48)(H,43,47)/t30-,31-,32+,33+,34+,35+/m1/s1. The fraction of sp³-hybridized carbons (Fsp3) is 0.561. The van der Waals surface area contributed by atoms with Gasteiger partial charge in [-0.1, -0.05) is 60.7 Å². The van der Waals surface area contributed by atoms with Crippen LogP contribution in [0.15, 0.2) is 60.7 Å². The molecule has 2 N–H and O–H groups in total. The molecular formula is C41H54N4O8S. The number of esters is 2. The maximum absolute atomic E-state index is 14.7. The highest BCUT2D eigenvalue weighted by molar-refractivity contribution is 7.99. The van der Waals surface area contributed by atoms with E-state index >= 15 is 0 Å². The third-order valence-corrected chi connectivity index (χ3v) is 12.1. The topological polar surface area (TPSA) is 151 Å². The van der Waals surface area contributed by atoms with Gasteiger partial charge in [0.15, 0.2) is 0 Å². The number of ether oxygens (including phenoxy) is 2. The van der Waals surface area contributed by atoms with Gasteiger partial charge < -0.3 is 29.9 Å². The maximum Gasteiger partial charge on any atom is 0.328 e. The molecule has 0 aliphatic carbocycles. The monoisotopic (exact) mass is 762 g/mol. The van der Waals surface area contributed by atoms with Gasteiger partial charge in [-0.3, -0.25) is 24.0 Å². The molecule has 3 aliphatic heterocycles. The molecular weight excluding hydrogens is 709 g/mol. The van der Waals surface area contributed by atoms with Crippen molar-refractivity contribution in [1.29, 1.82) is 0 Å². The van der Waals surface area contributed by atoms with Crippen molar-refractivity contribution in [3.63, 3.8) is 0 Å².